The highest BCUT2D eigenvalue weighted by molar-refractivity contribution is 5.76. The van der Waals surface area contributed by atoms with E-state index in [4.69, 9.17) is 4.42 Å². The Balaban J connectivity index is 1.57. The minimum Gasteiger partial charge on any atom is -0.441 e. The molecule has 1 unspecified atom stereocenters. The smallest absolute Gasteiger partial charge is 0.220 e. The van der Waals surface area contributed by atoms with Gasteiger partial charge in [-0.3, -0.25) is 4.79 Å². The Bertz CT molecular complexity index is 904. The molecule has 3 rings (SSSR count). The van der Waals surface area contributed by atoms with E-state index < -0.39 is 0 Å². The third kappa shape index (κ3) is 4.17. The number of halogens is 1. The van der Waals surface area contributed by atoms with E-state index in [1.807, 2.05) is 38.1 Å². The lowest BCUT2D eigenvalue weighted by Crippen LogP contribution is -2.27. The first kappa shape index (κ1) is 17.9. The molecule has 1 heterocycles. The molecule has 1 N–H and O–H groups in total. The van der Waals surface area contributed by atoms with E-state index in [9.17, 15) is 9.18 Å². The number of hydrogen-bond acceptors (Lipinski definition) is 3. The summed E-state index contributed by atoms with van der Waals surface area (Å²) >= 11 is 0. The highest BCUT2D eigenvalue weighted by Crippen LogP contribution is 2.23. The zero-order valence-corrected chi connectivity index (χ0v) is 14.8. The van der Waals surface area contributed by atoms with Gasteiger partial charge < -0.3 is 9.73 Å². The van der Waals surface area contributed by atoms with Crippen LogP contribution in [0.3, 0.4) is 0 Å². The standard InChI is InChI=1S/C21H21FN2O2/c1-14-7-3-4-8-16(14)15(2)24-20(25)11-12-21-23-13-19(26-21)17-9-5-6-10-18(17)22/h3-10,13,15H,11-12H2,1-2H3,(H,24,25). The van der Waals surface area contributed by atoms with E-state index in [-0.39, 0.29) is 24.2 Å². The van der Waals surface area contributed by atoms with Gasteiger partial charge in [0, 0.05) is 12.8 Å². The number of carbonyl (C=O) groups is 1. The van der Waals surface area contributed by atoms with Crippen molar-refractivity contribution in [3.63, 3.8) is 0 Å². The first-order valence-electron chi connectivity index (χ1n) is 8.59. The number of benzene rings is 2. The summed E-state index contributed by atoms with van der Waals surface area (Å²) in [6.07, 6.45) is 2.11. The van der Waals surface area contributed by atoms with Crippen LogP contribution >= 0.6 is 0 Å². The third-order valence-corrected chi connectivity index (χ3v) is 4.29. The van der Waals surface area contributed by atoms with Crippen LogP contribution in [0.4, 0.5) is 4.39 Å². The topological polar surface area (TPSA) is 55.1 Å². The van der Waals surface area contributed by atoms with Crippen LogP contribution in [0.5, 0.6) is 0 Å². The fourth-order valence-corrected chi connectivity index (χ4v) is 2.90. The molecule has 2 aromatic carbocycles. The summed E-state index contributed by atoms with van der Waals surface area (Å²) in [5.41, 5.74) is 2.60. The summed E-state index contributed by atoms with van der Waals surface area (Å²) in [7, 11) is 0. The van der Waals surface area contributed by atoms with Crippen LogP contribution in [0, 0.1) is 12.7 Å². The van der Waals surface area contributed by atoms with Gasteiger partial charge in [-0.2, -0.15) is 0 Å². The maximum atomic E-state index is 13.8. The summed E-state index contributed by atoms with van der Waals surface area (Å²) in [6.45, 7) is 3.98. The lowest BCUT2D eigenvalue weighted by molar-refractivity contribution is -0.121. The van der Waals surface area contributed by atoms with Crippen LogP contribution in [0.2, 0.25) is 0 Å². The second-order valence-electron chi connectivity index (χ2n) is 6.24. The molecule has 5 heteroatoms. The van der Waals surface area contributed by atoms with E-state index in [0.29, 0.717) is 23.6 Å². The number of amides is 1. The number of oxazole rings is 1. The quantitative estimate of drug-likeness (QED) is 0.705. The lowest BCUT2D eigenvalue weighted by Gasteiger charge is -2.16. The van der Waals surface area contributed by atoms with Crippen LogP contribution < -0.4 is 5.32 Å². The van der Waals surface area contributed by atoms with Gasteiger partial charge in [-0.1, -0.05) is 36.4 Å². The number of aryl methyl sites for hydroxylation is 2. The third-order valence-electron chi connectivity index (χ3n) is 4.29. The van der Waals surface area contributed by atoms with Crippen molar-refractivity contribution in [2.45, 2.75) is 32.7 Å². The monoisotopic (exact) mass is 352 g/mol. The van der Waals surface area contributed by atoms with E-state index in [1.165, 1.54) is 12.3 Å². The zero-order chi connectivity index (χ0) is 18.5. The molecule has 1 aromatic heterocycles. The maximum Gasteiger partial charge on any atom is 0.220 e. The number of nitrogens with zero attached hydrogens (tertiary/aromatic N) is 1. The normalized spacial score (nSPS) is 12.0. The van der Waals surface area contributed by atoms with Gasteiger partial charge in [0.25, 0.3) is 0 Å². The van der Waals surface area contributed by atoms with Crippen LogP contribution in [0.25, 0.3) is 11.3 Å². The Hall–Kier alpha value is -2.95. The summed E-state index contributed by atoms with van der Waals surface area (Å²) in [5.74, 6) is 0.347. The molecule has 0 fully saturated rings. The number of rotatable bonds is 6. The Morgan fingerprint density at radius 3 is 2.69 bits per heavy atom. The Kier molecular flexibility index (Phi) is 5.46. The Morgan fingerprint density at radius 2 is 1.92 bits per heavy atom. The van der Waals surface area contributed by atoms with Gasteiger partial charge in [-0.05, 0) is 37.1 Å². The van der Waals surface area contributed by atoms with Crippen LogP contribution in [0.15, 0.2) is 59.1 Å². The fourth-order valence-electron chi connectivity index (χ4n) is 2.90. The predicted octanol–water partition coefficient (Wildman–Crippen LogP) is 4.60. The van der Waals surface area contributed by atoms with Gasteiger partial charge in [-0.15, -0.1) is 0 Å². The van der Waals surface area contributed by atoms with Crippen molar-refractivity contribution in [1.29, 1.82) is 0 Å². The molecule has 0 bridgehead atoms. The molecule has 1 amide bonds. The van der Waals surface area contributed by atoms with Crippen LogP contribution in [-0.4, -0.2) is 10.9 Å². The highest BCUT2D eigenvalue weighted by Gasteiger charge is 2.14. The Morgan fingerprint density at radius 1 is 1.19 bits per heavy atom. The minimum absolute atomic E-state index is 0.0674. The van der Waals surface area contributed by atoms with Crippen molar-refractivity contribution in [1.82, 2.24) is 10.3 Å². The number of carbonyl (C=O) groups excluding carboxylic acids is 1. The van der Waals surface area contributed by atoms with E-state index in [0.717, 1.165) is 11.1 Å². The van der Waals surface area contributed by atoms with Crippen LogP contribution in [0.1, 0.15) is 36.4 Å². The first-order valence-corrected chi connectivity index (χ1v) is 8.59. The molecule has 0 aliphatic carbocycles. The number of nitrogens with one attached hydrogen (secondary N) is 1. The summed E-state index contributed by atoms with van der Waals surface area (Å²) < 4.78 is 19.4. The lowest BCUT2D eigenvalue weighted by atomic mass is 10.0. The molecule has 4 nitrogen and oxygen atoms in total. The van der Waals surface area contributed by atoms with Crippen molar-refractivity contribution in [2.75, 3.05) is 0 Å². The molecule has 0 spiro atoms. The van der Waals surface area contributed by atoms with Gasteiger partial charge in [0.15, 0.2) is 11.7 Å². The summed E-state index contributed by atoms with van der Waals surface area (Å²) in [4.78, 5) is 16.3. The van der Waals surface area contributed by atoms with Crippen molar-refractivity contribution in [2.24, 2.45) is 0 Å². The zero-order valence-electron chi connectivity index (χ0n) is 14.8. The molecule has 134 valence electrons. The molecule has 1 atom stereocenters. The predicted molar refractivity (Wildman–Crippen MR) is 98.0 cm³/mol. The van der Waals surface area contributed by atoms with Gasteiger partial charge in [-0.25, -0.2) is 9.37 Å². The van der Waals surface area contributed by atoms with E-state index in [1.54, 1.807) is 18.2 Å². The molecule has 26 heavy (non-hydrogen) atoms. The summed E-state index contributed by atoms with van der Waals surface area (Å²) in [6, 6.07) is 14.3. The van der Waals surface area contributed by atoms with Gasteiger partial charge in [0.2, 0.25) is 5.91 Å². The van der Waals surface area contributed by atoms with Crippen molar-refractivity contribution < 1.29 is 13.6 Å². The molecule has 0 saturated heterocycles. The van der Waals surface area contributed by atoms with Crippen molar-refractivity contribution in [3.8, 4) is 11.3 Å². The molecule has 0 radical (unpaired) electrons. The molecule has 0 saturated carbocycles. The second-order valence-corrected chi connectivity index (χ2v) is 6.24. The largest absolute Gasteiger partial charge is 0.441 e. The van der Waals surface area contributed by atoms with Crippen molar-refractivity contribution in [3.05, 3.63) is 77.6 Å². The van der Waals surface area contributed by atoms with Crippen LogP contribution in [-0.2, 0) is 11.2 Å². The molecule has 0 aliphatic rings. The van der Waals surface area contributed by atoms with Gasteiger partial charge in [0.1, 0.15) is 5.82 Å². The van der Waals surface area contributed by atoms with Crippen molar-refractivity contribution >= 4 is 5.91 Å². The molecule has 0 aliphatic heterocycles. The number of aromatic nitrogens is 1. The van der Waals surface area contributed by atoms with Gasteiger partial charge >= 0.3 is 0 Å². The fraction of sp³-hybridized carbons (Fsp3) is 0.238. The molecule has 3 aromatic rings. The summed E-state index contributed by atoms with van der Waals surface area (Å²) in [5, 5.41) is 2.99. The average Bonchev–Trinajstić information content (AvgIpc) is 3.09. The van der Waals surface area contributed by atoms with E-state index in [2.05, 4.69) is 10.3 Å². The maximum absolute atomic E-state index is 13.8. The molecular formula is C21H21FN2O2. The molecular weight excluding hydrogens is 331 g/mol. The SMILES string of the molecule is Cc1ccccc1C(C)NC(=O)CCc1ncc(-c2ccccc2F)o1. The van der Waals surface area contributed by atoms with Gasteiger partial charge in [0.05, 0.1) is 17.8 Å². The Labute approximate surface area is 152 Å². The minimum atomic E-state index is -0.361. The second kappa shape index (κ2) is 7.95. The van der Waals surface area contributed by atoms with E-state index >= 15 is 0 Å². The first-order chi connectivity index (χ1) is 12.5. The highest BCUT2D eigenvalue weighted by atomic mass is 19.1. The average molecular weight is 352 g/mol. The number of hydrogen-bond donors (Lipinski definition) is 1.